The fourth-order valence-electron chi connectivity index (χ4n) is 1.84. The molecule has 0 unspecified atom stereocenters. The molecule has 0 saturated heterocycles. The summed E-state index contributed by atoms with van der Waals surface area (Å²) in [6.45, 7) is 0. The number of nitrogens with zero attached hydrogens (tertiary/aromatic N) is 2. The molecule has 0 aliphatic carbocycles. The molecule has 0 fully saturated rings. The standard InChI is InChI=1S/C14H12N4O/c15-18-13-9-11(6-8-16-13)19-12-5-1-3-10-4-2-7-17-14(10)12/h1-9H,15H2,(H,16,18). The van der Waals surface area contributed by atoms with Gasteiger partial charge in [-0.3, -0.25) is 4.98 Å². The molecule has 0 saturated carbocycles. The van der Waals surface area contributed by atoms with E-state index in [1.54, 1.807) is 24.5 Å². The molecule has 0 atom stereocenters. The SMILES string of the molecule is NNc1cc(Oc2cccc3cccnc23)ccn1. The normalized spacial score (nSPS) is 10.4. The maximum atomic E-state index is 5.84. The van der Waals surface area contributed by atoms with E-state index in [-0.39, 0.29) is 0 Å². The second-order valence-corrected chi connectivity index (χ2v) is 3.95. The Morgan fingerprint density at radius 1 is 1.00 bits per heavy atom. The van der Waals surface area contributed by atoms with Crippen LogP contribution in [0.15, 0.2) is 54.9 Å². The first kappa shape index (κ1) is 11.4. The molecular formula is C14H12N4O. The van der Waals surface area contributed by atoms with Crippen LogP contribution in [0.2, 0.25) is 0 Å². The Kier molecular flexibility index (Phi) is 2.96. The molecule has 94 valence electrons. The molecule has 5 heteroatoms. The lowest BCUT2D eigenvalue weighted by atomic mass is 10.2. The second kappa shape index (κ2) is 4.91. The summed E-state index contributed by atoms with van der Waals surface area (Å²) in [5.74, 6) is 7.22. The van der Waals surface area contributed by atoms with Gasteiger partial charge in [0.2, 0.25) is 0 Å². The van der Waals surface area contributed by atoms with Crippen molar-refractivity contribution in [1.82, 2.24) is 9.97 Å². The number of para-hydroxylation sites is 1. The zero-order valence-electron chi connectivity index (χ0n) is 10.1. The van der Waals surface area contributed by atoms with Crippen molar-refractivity contribution >= 4 is 16.7 Å². The number of benzene rings is 1. The van der Waals surface area contributed by atoms with Gasteiger partial charge in [0.1, 0.15) is 17.1 Å². The highest BCUT2D eigenvalue weighted by molar-refractivity contribution is 5.84. The smallest absolute Gasteiger partial charge is 0.153 e. The fourth-order valence-corrected chi connectivity index (χ4v) is 1.84. The Balaban J connectivity index is 2.01. The van der Waals surface area contributed by atoms with Crippen molar-refractivity contribution in [2.45, 2.75) is 0 Å². The van der Waals surface area contributed by atoms with Gasteiger partial charge in [-0.1, -0.05) is 18.2 Å². The van der Waals surface area contributed by atoms with Gasteiger partial charge in [0.25, 0.3) is 0 Å². The molecule has 5 nitrogen and oxygen atoms in total. The van der Waals surface area contributed by atoms with Crippen molar-refractivity contribution in [3.05, 3.63) is 54.9 Å². The summed E-state index contributed by atoms with van der Waals surface area (Å²) in [5, 5.41) is 1.03. The third kappa shape index (κ3) is 2.31. The zero-order chi connectivity index (χ0) is 13.1. The maximum absolute atomic E-state index is 5.84. The monoisotopic (exact) mass is 252 g/mol. The zero-order valence-corrected chi connectivity index (χ0v) is 10.1. The molecule has 0 radical (unpaired) electrons. The highest BCUT2D eigenvalue weighted by Gasteiger charge is 2.04. The molecule has 0 aliphatic rings. The highest BCUT2D eigenvalue weighted by atomic mass is 16.5. The summed E-state index contributed by atoms with van der Waals surface area (Å²) in [7, 11) is 0. The predicted octanol–water partition coefficient (Wildman–Crippen LogP) is 2.71. The average molecular weight is 252 g/mol. The Hall–Kier alpha value is -2.66. The van der Waals surface area contributed by atoms with Gasteiger partial charge >= 0.3 is 0 Å². The number of pyridine rings is 2. The number of hydrogen-bond donors (Lipinski definition) is 2. The third-order valence-electron chi connectivity index (χ3n) is 2.70. The number of nitrogens with one attached hydrogen (secondary N) is 1. The first-order valence-electron chi connectivity index (χ1n) is 5.81. The average Bonchev–Trinajstić information content (AvgIpc) is 2.48. The van der Waals surface area contributed by atoms with Crippen molar-refractivity contribution in [2.75, 3.05) is 5.43 Å². The molecule has 19 heavy (non-hydrogen) atoms. The molecule has 0 bridgehead atoms. The Labute approximate surface area is 110 Å². The second-order valence-electron chi connectivity index (χ2n) is 3.95. The molecular weight excluding hydrogens is 240 g/mol. The van der Waals surface area contributed by atoms with E-state index in [9.17, 15) is 0 Å². The molecule has 0 amide bonds. The summed E-state index contributed by atoms with van der Waals surface area (Å²) in [6, 6.07) is 13.2. The number of anilines is 1. The Morgan fingerprint density at radius 2 is 1.89 bits per heavy atom. The van der Waals surface area contributed by atoms with Crippen molar-refractivity contribution in [2.24, 2.45) is 5.84 Å². The number of hydrazine groups is 1. The van der Waals surface area contributed by atoms with Crippen LogP contribution in [0.5, 0.6) is 11.5 Å². The van der Waals surface area contributed by atoms with Crippen molar-refractivity contribution < 1.29 is 4.74 Å². The Morgan fingerprint density at radius 3 is 2.79 bits per heavy atom. The largest absolute Gasteiger partial charge is 0.455 e. The van der Waals surface area contributed by atoms with Crippen molar-refractivity contribution in [1.29, 1.82) is 0 Å². The van der Waals surface area contributed by atoms with Crippen LogP contribution in [0.1, 0.15) is 0 Å². The minimum atomic E-state index is 0.547. The number of nitrogen functional groups attached to an aromatic ring is 1. The summed E-state index contributed by atoms with van der Waals surface area (Å²) < 4.78 is 5.84. The number of aromatic nitrogens is 2. The topological polar surface area (TPSA) is 73.1 Å². The summed E-state index contributed by atoms with van der Waals surface area (Å²) >= 11 is 0. The van der Waals surface area contributed by atoms with Crippen LogP contribution >= 0.6 is 0 Å². The quantitative estimate of drug-likeness (QED) is 0.554. The minimum absolute atomic E-state index is 0.547. The lowest BCUT2D eigenvalue weighted by molar-refractivity contribution is 0.486. The highest BCUT2D eigenvalue weighted by Crippen LogP contribution is 2.28. The van der Waals surface area contributed by atoms with Gasteiger partial charge in [-0.25, -0.2) is 10.8 Å². The maximum Gasteiger partial charge on any atom is 0.153 e. The molecule has 0 spiro atoms. The van der Waals surface area contributed by atoms with E-state index in [0.717, 1.165) is 10.9 Å². The van der Waals surface area contributed by atoms with E-state index < -0.39 is 0 Å². The van der Waals surface area contributed by atoms with Gasteiger partial charge in [0.05, 0.1) is 0 Å². The Bertz CT molecular complexity index is 709. The number of ether oxygens (including phenoxy) is 1. The molecule has 2 heterocycles. The first-order chi connectivity index (χ1) is 9.36. The van der Waals surface area contributed by atoms with Gasteiger partial charge < -0.3 is 10.2 Å². The number of hydrogen-bond acceptors (Lipinski definition) is 5. The van der Waals surface area contributed by atoms with Gasteiger partial charge in [0, 0.05) is 23.8 Å². The first-order valence-corrected chi connectivity index (χ1v) is 5.81. The van der Waals surface area contributed by atoms with Crippen LogP contribution in [0, 0.1) is 0 Å². The lowest BCUT2D eigenvalue weighted by Crippen LogP contribution is -2.08. The van der Waals surface area contributed by atoms with E-state index >= 15 is 0 Å². The molecule has 1 aromatic carbocycles. The summed E-state index contributed by atoms with van der Waals surface area (Å²) in [6.07, 6.45) is 3.37. The number of rotatable bonds is 3. The van der Waals surface area contributed by atoms with Crippen LogP contribution in [-0.4, -0.2) is 9.97 Å². The van der Waals surface area contributed by atoms with Gasteiger partial charge in [-0.2, -0.15) is 0 Å². The van der Waals surface area contributed by atoms with E-state index in [2.05, 4.69) is 15.4 Å². The lowest BCUT2D eigenvalue weighted by Gasteiger charge is -2.08. The molecule has 3 rings (SSSR count). The molecule has 3 aromatic rings. The third-order valence-corrected chi connectivity index (χ3v) is 2.70. The van der Waals surface area contributed by atoms with Crippen LogP contribution in [0.3, 0.4) is 0 Å². The van der Waals surface area contributed by atoms with Crippen LogP contribution in [0.4, 0.5) is 5.82 Å². The van der Waals surface area contributed by atoms with Crippen molar-refractivity contribution in [3.63, 3.8) is 0 Å². The minimum Gasteiger partial charge on any atom is -0.455 e. The van der Waals surface area contributed by atoms with Crippen LogP contribution in [-0.2, 0) is 0 Å². The van der Waals surface area contributed by atoms with E-state index in [0.29, 0.717) is 17.3 Å². The van der Waals surface area contributed by atoms with E-state index in [1.165, 1.54) is 0 Å². The van der Waals surface area contributed by atoms with Gasteiger partial charge in [0.15, 0.2) is 5.75 Å². The predicted molar refractivity (Wildman–Crippen MR) is 73.9 cm³/mol. The van der Waals surface area contributed by atoms with Crippen molar-refractivity contribution in [3.8, 4) is 11.5 Å². The van der Waals surface area contributed by atoms with Gasteiger partial charge in [-0.15, -0.1) is 0 Å². The molecule has 2 aromatic heterocycles. The van der Waals surface area contributed by atoms with E-state index in [1.807, 2.05) is 30.3 Å². The summed E-state index contributed by atoms with van der Waals surface area (Å²) in [5.41, 5.74) is 3.31. The van der Waals surface area contributed by atoms with Crippen LogP contribution in [0.25, 0.3) is 10.9 Å². The molecule has 0 aliphatic heterocycles. The molecule has 3 N–H and O–H groups in total. The summed E-state index contributed by atoms with van der Waals surface area (Å²) in [4.78, 5) is 8.37. The number of nitrogens with two attached hydrogens (primary N) is 1. The van der Waals surface area contributed by atoms with Crippen LogP contribution < -0.4 is 16.0 Å². The van der Waals surface area contributed by atoms with Gasteiger partial charge in [-0.05, 0) is 18.2 Å². The van der Waals surface area contributed by atoms with E-state index in [4.69, 9.17) is 10.6 Å². The number of fused-ring (bicyclic) bond motifs is 1. The fraction of sp³-hybridized carbons (Fsp3) is 0.